The van der Waals surface area contributed by atoms with Crippen molar-refractivity contribution in [3.05, 3.63) is 85.7 Å². The quantitative estimate of drug-likeness (QED) is 0.450. The minimum atomic E-state index is -0.0920. The van der Waals surface area contributed by atoms with E-state index in [1.807, 2.05) is 60.8 Å². The van der Waals surface area contributed by atoms with Crippen LogP contribution in [-0.2, 0) is 4.79 Å². The van der Waals surface area contributed by atoms with Gasteiger partial charge in [0.05, 0.1) is 30.1 Å². The standard InChI is InChI=1S/C24H18N4O2/c1-16(29)27-21-4-2-3-17(11-21)19-5-6-24-26-13-23(28(24)14-19)18-7-9-25-22(12-18)20-8-10-30-15-20/h2-15H,1H3,(H,27,29). The van der Waals surface area contributed by atoms with Crippen LogP contribution in [0, 0.1) is 0 Å². The Morgan fingerprint density at radius 3 is 2.73 bits per heavy atom. The number of nitrogens with one attached hydrogen (secondary N) is 1. The van der Waals surface area contributed by atoms with Crippen LogP contribution in [0.3, 0.4) is 0 Å². The molecule has 0 unspecified atom stereocenters. The lowest BCUT2D eigenvalue weighted by Crippen LogP contribution is -2.05. The topological polar surface area (TPSA) is 72.4 Å². The van der Waals surface area contributed by atoms with Gasteiger partial charge in [-0.2, -0.15) is 0 Å². The van der Waals surface area contributed by atoms with Gasteiger partial charge >= 0.3 is 0 Å². The molecule has 1 amide bonds. The molecule has 0 saturated heterocycles. The fraction of sp³-hybridized carbons (Fsp3) is 0.0417. The lowest BCUT2D eigenvalue weighted by atomic mass is 10.1. The summed E-state index contributed by atoms with van der Waals surface area (Å²) in [4.78, 5) is 20.4. The predicted octanol–water partition coefficient (Wildman–Crippen LogP) is 5.28. The molecular weight excluding hydrogens is 376 g/mol. The monoisotopic (exact) mass is 394 g/mol. The number of furan rings is 1. The Hall–Kier alpha value is -4.19. The lowest BCUT2D eigenvalue weighted by molar-refractivity contribution is -0.114. The first-order valence-corrected chi connectivity index (χ1v) is 9.51. The first-order chi connectivity index (χ1) is 14.7. The van der Waals surface area contributed by atoms with Crippen LogP contribution in [0.4, 0.5) is 5.69 Å². The summed E-state index contributed by atoms with van der Waals surface area (Å²) in [6, 6.07) is 17.7. The molecule has 0 radical (unpaired) electrons. The molecule has 0 aliphatic rings. The predicted molar refractivity (Wildman–Crippen MR) is 116 cm³/mol. The second-order valence-corrected chi connectivity index (χ2v) is 6.99. The van der Waals surface area contributed by atoms with E-state index in [0.717, 1.165) is 45.0 Å². The van der Waals surface area contributed by atoms with Crippen molar-refractivity contribution < 1.29 is 9.21 Å². The number of amides is 1. The van der Waals surface area contributed by atoms with Crippen molar-refractivity contribution in [2.45, 2.75) is 6.92 Å². The van der Waals surface area contributed by atoms with E-state index in [4.69, 9.17) is 4.42 Å². The molecule has 0 saturated carbocycles. The maximum absolute atomic E-state index is 11.4. The number of benzene rings is 1. The van der Waals surface area contributed by atoms with Crippen LogP contribution in [0.15, 0.2) is 90.1 Å². The van der Waals surface area contributed by atoms with E-state index < -0.39 is 0 Å². The van der Waals surface area contributed by atoms with E-state index in [1.165, 1.54) is 6.92 Å². The number of fused-ring (bicyclic) bond motifs is 1. The largest absolute Gasteiger partial charge is 0.472 e. The molecule has 146 valence electrons. The van der Waals surface area contributed by atoms with Gasteiger partial charge in [0.15, 0.2) is 0 Å². The summed E-state index contributed by atoms with van der Waals surface area (Å²) in [5.74, 6) is -0.0920. The van der Waals surface area contributed by atoms with Crippen LogP contribution in [0.5, 0.6) is 0 Å². The zero-order valence-electron chi connectivity index (χ0n) is 16.2. The molecule has 0 spiro atoms. The van der Waals surface area contributed by atoms with Crippen LogP contribution < -0.4 is 5.32 Å². The second kappa shape index (κ2) is 7.33. The Balaban J connectivity index is 1.58. The highest BCUT2D eigenvalue weighted by Crippen LogP contribution is 2.28. The van der Waals surface area contributed by atoms with Crippen molar-refractivity contribution in [1.29, 1.82) is 0 Å². The third kappa shape index (κ3) is 3.35. The van der Waals surface area contributed by atoms with Gasteiger partial charge < -0.3 is 9.73 Å². The average molecular weight is 394 g/mol. The summed E-state index contributed by atoms with van der Waals surface area (Å²) in [6.45, 7) is 1.50. The van der Waals surface area contributed by atoms with Gasteiger partial charge in [0.2, 0.25) is 5.91 Å². The molecule has 0 fully saturated rings. The van der Waals surface area contributed by atoms with Gasteiger partial charge in [-0.15, -0.1) is 0 Å². The SMILES string of the molecule is CC(=O)Nc1cccc(-c2ccc3ncc(-c4ccnc(-c5ccoc5)c4)n3c2)c1. The molecule has 5 aromatic rings. The lowest BCUT2D eigenvalue weighted by Gasteiger charge is -2.08. The third-order valence-corrected chi connectivity index (χ3v) is 4.89. The molecule has 5 rings (SSSR count). The third-order valence-electron chi connectivity index (χ3n) is 4.89. The van der Waals surface area contributed by atoms with E-state index in [-0.39, 0.29) is 5.91 Å². The molecule has 0 bridgehead atoms. The molecule has 0 aliphatic carbocycles. The summed E-state index contributed by atoms with van der Waals surface area (Å²) in [7, 11) is 0. The van der Waals surface area contributed by atoms with E-state index in [0.29, 0.717) is 0 Å². The fourth-order valence-electron chi connectivity index (χ4n) is 3.50. The number of aromatic nitrogens is 3. The molecule has 6 heteroatoms. The highest BCUT2D eigenvalue weighted by Gasteiger charge is 2.10. The minimum Gasteiger partial charge on any atom is -0.472 e. The number of nitrogens with zero attached hydrogens (tertiary/aromatic N) is 3. The average Bonchev–Trinajstić information content (AvgIpc) is 3.43. The van der Waals surface area contributed by atoms with Crippen LogP contribution in [0.25, 0.3) is 39.3 Å². The number of hydrogen-bond acceptors (Lipinski definition) is 4. The van der Waals surface area contributed by atoms with E-state index >= 15 is 0 Å². The summed E-state index contributed by atoms with van der Waals surface area (Å²) < 4.78 is 7.25. The molecule has 6 nitrogen and oxygen atoms in total. The molecule has 1 aromatic carbocycles. The van der Waals surface area contributed by atoms with E-state index in [1.54, 1.807) is 18.7 Å². The first-order valence-electron chi connectivity index (χ1n) is 9.51. The molecule has 1 N–H and O–H groups in total. The molecular formula is C24H18N4O2. The van der Waals surface area contributed by atoms with Crippen molar-refractivity contribution in [1.82, 2.24) is 14.4 Å². The summed E-state index contributed by atoms with van der Waals surface area (Å²) in [6.07, 6.45) is 9.03. The number of rotatable bonds is 4. The number of carbonyl (C=O) groups is 1. The Kier molecular flexibility index (Phi) is 4.37. The number of anilines is 1. The highest BCUT2D eigenvalue weighted by molar-refractivity contribution is 5.89. The Bertz CT molecular complexity index is 1350. The number of imidazole rings is 1. The van der Waals surface area contributed by atoms with Gasteiger partial charge in [-0.3, -0.25) is 14.2 Å². The van der Waals surface area contributed by atoms with E-state index in [2.05, 4.69) is 25.9 Å². The number of hydrogen-bond donors (Lipinski definition) is 1. The van der Waals surface area contributed by atoms with Crippen LogP contribution in [0.1, 0.15) is 6.92 Å². The second-order valence-electron chi connectivity index (χ2n) is 6.99. The van der Waals surface area contributed by atoms with Crippen molar-refractivity contribution in [3.63, 3.8) is 0 Å². The van der Waals surface area contributed by atoms with Crippen LogP contribution in [0.2, 0.25) is 0 Å². The Morgan fingerprint density at radius 1 is 0.967 bits per heavy atom. The summed E-state index contributed by atoms with van der Waals surface area (Å²) in [5.41, 5.74) is 7.42. The summed E-state index contributed by atoms with van der Waals surface area (Å²) in [5, 5.41) is 2.83. The van der Waals surface area contributed by atoms with Gasteiger partial charge in [-0.1, -0.05) is 12.1 Å². The first kappa shape index (κ1) is 17.9. The van der Waals surface area contributed by atoms with E-state index in [9.17, 15) is 4.79 Å². The molecule has 0 aliphatic heterocycles. The van der Waals surface area contributed by atoms with Gasteiger partial charge in [0, 0.05) is 36.1 Å². The van der Waals surface area contributed by atoms with Crippen LogP contribution >= 0.6 is 0 Å². The summed E-state index contributed by atoms with van der Waals surface area (Å²) >= 11 is 0. The van der Waals surface area contributed by atoms with Crippen molar-refractivity contribution >= 4 is 17.2 Å². The minimum absolute atomic E-state index is 0.0920. The van der Waals surface area contributed by atoms with Crippen molar-refractivity contribution in [3.8, 4) is 33.6 Å². The molecule has 4 aromatic heterocycles. The van der Waals surface area contributed by atoms with Gasteiger partial charge in [0.25, 0.3) is 0 Å². The highest BCUT2D eigenvalue weighted by atomic mass is 16.3. The molecule has 4 heterocycles. The smallest absolute Gasteiger partial charge is 0.221 e. The van der Waals surface area contributed by atoms with Gasteiger partial charge in [0.1, 0.15) is 5.65 Å². The molecule has 0 atom stereocenters. The molecule has 30 heavy (non-hydrogen) atoms. The normalized spacial score (nSPS) is 11.0. The van der Waals surface area contributed by atoms with Crippen molar-refractivity contribution in [2.24, 2.45) is 0 Å². The van der Waals surface area contributed by atoms with Crippen molar-refractivity contribution in [2.75, 3.05) is 5.32 Å². The van der Waals surface area contributed by atoms with Crippen LogP contribution in [-0.4, -0.2) is 20.3 Å². The fourth-order valence-corrected chi connectivity index (χ4v) is 3.50. The maximum atomic E-state index is 11.4. The number of carbonyl (C=O) groups excluding carboxylic acids is 1. The van der Waals surface area contributed by atoms with Gasteiger partial charge in [-0.05, 0) is 53.6 Å². The maximum Gasteiger partial charge on any atom is 0.221 e. The Labute approximate surface area is 172 Å². The van der Waals surface area contributed by atoms with Gasteiger partial charge in [-0.25, -0.2) is 4.98 Å². The zero-order chi connectivity index (χ0) is 20.5. The zero-order valence-corrected chi connectivity index (χ0v) is 16.2. The number of pyridine rings is 2. The Morgan fingerprint density at radius 2 is 1.90 bits per heavy atom.